The van der Waals surface area contributed by atoms with Crippen LogP contribution >= 0.6 is 0 Å². The Morgan fingerprint density at radius 1 is 1.08 bits per heavy atom. The van der Waals surface area contributed by atoms with Crippen molar-refractivity contribution in [1.29, 1.82) is 0 Å². The first kappa shape index (κ1) is 19.3. The number of nitrogens with one attached hydrogen (secondary N) is 1. The van der Waals surface area contributed by atoms with Crippen LogP contribution in [0.3, 0.4) is 0 Å². The third-order valence-corrected chi connectivity index (χ3v) is 3.85. The van der Waals surface area contributed by atoms with Crippen molar-refractivity contribution in [3.63, 3.8) is 0 Å². The number of hydrogen-bond donors (Lipinski definition) is 2. The zero-order valence-electron chi connectivity index (χ0n) is 15.5. The number of carbonyl (C=O) groups is 2. The second kappa shape index (κ2) is 7.91. The Balaban J connectivity index is 2.12. The monoisotopic (exact) mass is 356 g/mol. The zero-order valence-corrected chi connectivity index (χ0v) is 15.5. The maximum Gasteiger partial charge on any atom is 0.262 e. The number of methoxy groups -OCH3 is 1. The highest BCUT2D eigenvalue weighted by Gasteiger charge is 2.17. The first-order valence-corrected chi connectivity index (χ1v) is 8.22. The van der Waals surface area contributed by atoms with Crippen LogP contribution in [0.5, 0.6) is 11.5 Å². The predicted octanol–water partition coefficient (Wildman–Crippen LogP) is 3.11. The normalized spacial score (nSPS) is 10.9. The van der Waals surface area contributed by atoms with Gasteiger partial charge in [-0.3, -0.25) is 9.59 Å². The van der Waals surface area contributed by atoms with Crippen molar-refractivity contribution in [3.8, 4) is 11.5 Å². The van der Waals surface area contributed by atoms with Crippen molar-refractivity contribution in [2.24, 2.45) is 5.73 Å². The molecule has 0 aliphatic carbocycles. The van der Waals surface area contributed by atoms with Gasteiger partial charge in [0.05, 0.1) is 18.4 Å². The maximum atomic E-state index is 12.3. The molecule has 6 heteroatoms. The lowest BCUT2D eigenvalue weighted by atomic mass is 9.87. The lowest BCUT2D eigenvalue weighted by Gasteiger charge is -2.21. The lowest BCUT2D eigenvalue weighted by Crippen LogP contribution is -2.22. The van der Waals surface area contributed by atoms with E-state index in [0.717, 1.165) is 5.56 Å². The van der Waals surface area contributed by atoms with Gasteiger partial charge in [0, 0.05) is 0 Å². The van der Waals surface area contributed by atoms with E-state index in [9.17, 15) is 9.59 Å². The Hall–Kier alpha value is -3.02. The fourth-order valence-electron chi connectivity index (χ4n) is 2.40. The van der Waals surface area contributed by atoms with Gasteiger partial charge in [0.25, 0.3) is 11.8 Å². The van der Waals surface area contributed by atoms with Crippen molar-refractivity contribution in [3.05, 3.63) is 53.6 Å². The van der Waals surface area contributed by atoms with Gasteiger partial charge in [0.15, 0.2) is 6.61 Å². The highest BCUT2D eigenvalue weighted by molar-refractivity contribution is 5.96. The van der Waals surface area contributed by atoms with Gasteiger partial charge in [-0.05, 0) is 35.2 Å². The third kappa shape index (κ3) is 4.75. The van der Waals surface area contributed by atoms with Crippen LogP contribution in [0.2, 0.25) is 0 Å². The Morgan fingerprint density at radius 2 is 1.77 bits per heavy atom. The molecule has 0 saturated heterocycles. The fraction of sp³-hybridized carbons (Fsp3) is 0.300. The molecule has 0 aliphatic rings. The number of para-hydroxylation sites is 1. The summed E-state index contributed by atoms with van der Waals surface area (Å²) in [5, 5.41) is 2.79. The fourth-order valence-corrected chi connectivity index (χ4v) is 2.40. The van der Waals surface area contributed by atoms with Gasteiger partial charge in [0.1, 0.15) is 11.5 Å². The van der Waals surface area contributed by atoms with E-state index >= 15 is 0 Å². The topological polar surface area (TPSA) is 90.7 Å². The molecule has 0 aliphatic heterocycles. The number of amides is 2. The van der Waals surface area contributed by atoms with Gasteiger partial charge in [-0.25, -0.2) is 0 Å². The number of carbonyl (C=O) groups excluding carboxylic acids is 2. The molecule has 0 aromatic heterocycles. The van der Waals surface area contributed by atoms with Gasteiger partial charge >= 0.3 is 0 Å². The number of anilines is 1. The number of hydrogen-bond acceptors (Lipinski definition) is 4. The molecule has 138 valence electrons. The van der Waals surface area contributed by atoms with Gasteiger partial charge in [0.2, 0.25) is 0 Å². The second-order valence-corrected chi connectivity index (χ2v) is 6.86. The molecule has 26 heavy (non-hydrogen) atoms. The van der Waals surface area contributed by atoms with E-state index in [0.29, 0.717) is 11.4 Å². The SMILES string of the molecule is COc1ccc(C(C)(C)C)cc1NC(=O)COc1ccccc1C(N)=O. The van der Waals surface area contributed by atoms with E-state index in [4.69, 9.17) is 15.2 Å². The van der Waals surface area contributed by atoms with Gasteiger partial charge in [-0.2, -0.15) is 0 Å². The Labute approximate surface area is 153 Å². The Bertz CT molecular complexity index is 810. The summed E-state index contributed by atoms with van der Waals surface area (Å²) in [5.74, 6) is -0.149. The minimum atomic E-state index is -0.611. The highest BCUT2D eigenvalue weighted by Crippen LogP contribution is 2.31. The Kier molecular flexibility index (Phi) is 5.87. The Morgan fingerprint density at radius 3 is 2.38 bits per heavy atom. The largest absolute Gasteiger partial charge is 0.495 e. The highest BCUT2D eigenvalue weighted by atomic mass is 16.5. The smallest absolute Gasteiger partial charge is 0.262 e. The first-order valence-electron chi connectivity index (χ1n) is 8.22. The van der Waals surface area contributed by atoms with E-state index in [1.165, 1.54) is 0 Å². The van der Waals surface area contributed by atoms with Crippen molar-refractivity contribution >= 4 is 17.5 Å². The third-order valence-electron chi connectivity index (χ3n) is 3.85. The van der Waals surface area contributed by atoms with Gasteiger partial charge in [-0.15, -0.1) is 0 Å². The summed E-state index contributed by atoms with van der Waals surface area (Å²) in [6.07, 6.45) is 0. The summed E-state index contributed by atoms with van der Waals surface area (Å²) in [6, 6.07) is 12.2. The minimum Gasteiger partial charge on any atom is -0.495 e. The summed E-state index contributed by atoms with van der Waals surface area (Å²) in [7, 11) is 1.54. The van der Waals surface area contributed by atoms with Gasteiger partial charge < -0.3 is 20.5 Å². The van der Waals surface area contributed by atoms with Crippen molar-refractivity contribution in [1.82, 2.24) is 0 Å². The average molecular weight is 356 g/mol. The molecule has 2 amide bonds. The number of benzene rings is 2. The summed E-state index contributed by atoms with van der Waals surface area (Å²) < 4.78 is 10.8. The second-order valence-electron chi connectivity index (χ2n) is 6.86. The van der Waals surface area contributed by atoms with Crippen LogP contribution in [0, 0.1) is 0 Å². The van der Waals surface area contributed by atoms with E-state index in [-0.39, 0.29) is 29.2 Å². The molecular weight excluding hydrogens is 332 g/mol. The molecule has 3 N–H and O–H groups in total. The van der Waals surface area contributed by atoms with Crippen molar-refractivity contribution in [2.75, 3.05) is 19.0 Å². The molecule has 0 saturated carbocycles. The maximum absolute atomic E-state index is 12.3. The van der Waals surface area contributed by atoms with Crippen LogP contribution in [0.25, 0.3) is 0 Å². The van der Waals surface area contributed by atoms with Gasteiger partial charge in [-0.1, -0.05) is 39.0 Å². The van der Waals surface area contributed by atoms with Crippen LogP contribution in [0.4, 0.5) is 5.69 Å². The predicted molar refractivity (Wildman–Crippen MR) is 101 cm³/mol. The molecule has 0 heterocycles. The molecule has 6 nitrogen and oxygen atoms in total. The summed E-state index contributed by atoms with van der Waals surface area (Å²) in [6.45, 7) is 6.01. The first-order chi connectivity index (χ1) is 12.2. The van der Waals surface area contributed by atoms with Crippen LogP contribution in [0.15, 0.2) is 42.5 Å². The van der Waals surface area contributed by atoms with Crippen LogP contribution in [-0.4, -0.2) is 25.5 Å². The summed E-state index contributed by atoms with van der Waals surface area (Å²) >= 11 is 0. The van der Waals surface area contributed by atoms with Crippen LogP contribution in [-0.2, 0) is 10.2 Å². The minimum absolute atomic E-state index is 0.0668. The molecule has 0 spiro atoms. The number of nitrogens with two attached hydrogens (primary N) is 1. The van der Waals surface area contributed by atoms with E-state index < -0.39 is 5.91 Å². The lowest BCUT2D eigenvalue weighted by molar-refractivity contribution is -0.118. The number of primary amides is 1. The molecule has 2 rings (SSSR count). The quantitative estimate of drug-likeness (QED) is 0.832. The zero-order chi connectivity index (χ0) is 19.3. The standard InChI is InChI=1S/C20H24N2O4/c1-20(2,3)13-9-10-17(25-4)15(11-13)22-18(23)12-26-16-8-6-5-7-14(16)19(21)24/h5-11H,12H2,1-4H3,(H2,21,24)(H,22,23). The van der Waals surface area contributed by atoms with Crippen LogP contribution in [0.1, 0.15) is 36.7 Å². The summed E-state index contributed by atoms with van der Waals surface area (Å²) in [4.78, 5) is 23.7. The molecular formula is C20H24N2O4. The average Bonchev–Trinajstić information content (AvgIpc) is 2.59. The van der Waals surface area contributed by atoms with E-state index in [1.807, 2.05) is 18.2 Å². The molecule has 0 bridgehead atoms. The molecule has 2 aromatic carbocycles. The van der Waals surface area contributed by atoms with E-state index in [2.05, 4.69) is 26.1 Å². The number of rotatable bonds is 6. The molecule has 0 radical (unpaired) electrons. The molecule has 2 aromatic rings. The molecule has 0 unspecified atom stereocenters. The molecule has 0 fully saturated rings. The summed E-state index contributed by atoms with van der Waals surface area (Å²) in [5.41, 5.74) is 7.10. The van der Waals surface area contributed by atoms with Crippen LogP contribution < -0.4 is 20.5 Å². The van der Waals surface area contributed by atoms with E-state index in [1.54, 1.807) is 31.4 Å². The number of ether oxygens (including phenoxy) is 2. The molecule has 0 atom stereocenters. The van der Waals surface area contributed by atoms with Crippen molar-refractivity contribution < 1.29 is 19.1 Å². The van der Waals surface area contributed by atoms with Crippen molar-refractivity contribution in [2.45, 2.75) is 26.2 Å².